The van der Waals surface area contributed by atoms with Crippen molar-refractivity contribution in [3.63, 3.8) is 0 Å². The van der Waals surface area contributed by atoms with Gasteiger partial charge in [0.05, 0.1) is 23.8 Å². The Morgan fingerprint density at radius 2 is 1.66 bits per heavy atom. The van der Waals surface area contributed by atoms with Crippen LogP contribution in [0.5, 0.6) is 11.5 Å². The molecule has 0 saturated heterocycles. The molecule has 4 aromatic rings. The predicted molar refractivity (Wildman–Crippen MR) is 157 cm³/mol. The van der Waals surface area contributed by atoms with Gasteiger partial charge in [0.2, 0.25) is 0 Å². The van der Waals surface area contributed by atoms with E-state index in [1.165, 1.54) is 18.2 Å². The Labute approximate surface area is 242 Å². The zero-order valence-electron chi connectivity index (χ0n) is 22.4. The molecule has 0 atom stereocenters. The Morgan fingerprint density at radius 1 is 0.902 bits per heavy atom. The SMILES string of the molecule is O=C(O)CCCc1cn(CC(=O)O)c2c(/C=C/c3ccc(OCCCCOc4cc(F)ccc4Cl)cc3)cccc12. The van der Waals surface area contributed by atoms with Crippen LogP contribution in [-0.2, 0) is 22.6 Å². The van der Waals surface area contributed by atoms with E-state index in [9.17, 15) is 19.1 Å². The number of carboxylic acid groups (broad SMARTS) is 2. The van der Waals surface area contributed by atoms with Gasteiger partial charge in [-0.3, -0.25) is 9.59 Å². The number of para-hydroxylation sites is 1. The number of hydrogen-bond donors (Lipinski definition) is 2. The van der Waals surface area contributed by atoms with Crippen molar-refractivity contribution in [3.8, 4) is 11.5 Å². The van der Waals surface area contributed by atoms with Crippen molar-refractivity contribution in [2.24, 2.45) is 0 Å². The summed E-state index contributed by atoms with van der Waals surface area (Å²) in [6.07, 6.45) is 8.29. The van der Waals surface area contributed by atoms with Crippen LogP contribution in [0, 0.1) is 5.82 Å². The summed E-state index contributed by atoms with van der Waals surface area (Å²) in [6.45, 7) is 0.729. The molecule has 0 saturated carbocycles. The van der Waals surface area contributed by atoms with Gasteiger partial charge in [-0.25, -0.2) is 4.39 Å². The summed E-state index contributed by atoms with van der Waals surface area (Å²) in [7, 11) is 0. The van der Waals surface area contributed by atoms with Crippen molar-refractivity contribution < 1.29 is 33.7 Å². The van der Waals surface area contributed by atoms with Crippen LogP contribution in [0.1, 0.15) is 42.4 Å². The third-order valence-electron chi connectivity index (χ3n) is 6.45. The Morgan fingerprint density at radius 3 is 2.39 bits per heavy atom. The first kappa shape index (κ1) is 29.7. The van der Waals surface area contributed by atoms with Gasteiger partial charge in [0.25, 0.3) is 0 Å². The monoisotopic (exact) mass is 579 g/mol. The smallest absolute Gasteiger partial charge is 0.323 e. The van der Waals surface area contributed by atoms with Crippen LogP contribution in [0.15, 0.2) is 66.9 Å². The highest BCUT2D eigenvalue weighted by molar-refractivity contribution is 6.32. The van der Waals surface area contributed by atoms with E-state index >= 15 is 0 Å². The molecule has 2 N–H and O–H groups in total. The summed E-state index contributed by atoms with van der Waals surface area (Å²) in [5.41, 5.74) is 3.56. The highest BCUT2D eigenvalue weighted by Gasteiger charge is 2.13. The van der Waals surface area contributed by atoms with Gasteiger partial charge >= 0.3 is 11.9 Å². The molecular weight excluding hydrogens is 549 g/mol. The lowest BCUT2D eigenvalue weighted by Gasteiger charge is -2.09. The Kier molecular flexibility index (Phi) is 10.4. The molecule has 3 aromatic carbocycles. The summed E-state index contributed by atoms with van der Waals surface area (Å²) in [6, 6.07) is 17.5. The number of benzene rings is 3. The number of carbonyl (C=O) groups is 2. The Balaban J connectivity index is 1.34. The van der Waals surface area contributed by atoms with E-state index in [1.54, 1.807) is 4.57 Å². The summed E-state index contributed by atoms with van der Waals surface area (Å²) >= 11 is 6.00. The zero-order chi connectivity index (χ0) is 29.2. The molecule has 0 radical (unpaired) electrons. The molecule has 41 heavy (non-hydrogen) atoms. The number of carboxylic acids is 2. The number of hydrogen-bond acceptors (Lipinski definition) is 4. The normalized spacial score (nSPS) is 11.3. The molecule has 9 heteroatoms. The number of aromatic nitrogens is 1. The van der Waals surface area contributed by atoms with Crippen LogP contribution in [0.3, 0.4) is 0 Å². The molecule has 0 bridgehead atoms. The van der Waals surface area contributed by atoms with E-state index in [0.717, 1.165) is 46.2 Å². The molecule has 0 aliphatic heterocycles. The summed E-state index contributed by atoms with van der Waals surface area (Å²) in [5, 5.41) is 19.7. The average molecular weight is 580 g/mol. The van der Waals surface area contributed by atoms with Gasteiger partial charge in [0.15, 0.2) is 0 Å². The number of fused-ring (bicyclic) bond motifs is 1. The third kappa shape index (κ3) is 8.59. The number of halogens is 2. The largest absolute Gasteiger partial charge is 0.494 e. The quantitative estimate of drug-likeness (QED) is 0.113. The van der Waals surface area contributed by atoms with Gasteiger partial charge in [-0.2, -0.15) is 0 Å². The maximum absolute atomic E-state index is 13.3. The molecule has 1 aromatic heterocycles. The standard InChI is InChI=1S/C32H31ClFNO6/c33-28-16-13-25(34)19-29(28)41-18-2-1-17-40-26-14-10-22(11-15-26)9-12-23-5-3-7-27-24(6-4-8-30(36)37)20-35(32(23)27)21-31(38)39/h3,5,7,9-16,19-20H,1-2,4,6,8,17-18,21H2,(H,36,37)(H,38,39)/b12-9+. The maximum atomic E-state index is 13.3. The number of nitrogens with zero attached hydrogens (tertiary/aromatic N) is 1. The first-order valence-electron chi connectivity index (χ1n) is 13.3. The molecular formula is C32H31ClFNO6. The van der Waals surface area contributed by atoms with Crippen molar-refractivity contribution in [1.29, 1.82) is 0 Å². The van der Waals surface area contributed by atoms with Gasteiger partial charge in [0.1, 0.15) is 23.9 Å². The minimum atomic E-state index is -0.947. The number of rotatable bonds is 15. The van der Waals surface area contributed by atoms with Crippen LogP contribution in [0.2, 0.25) is 5.02 Å². The molecule has 0 spiro atoms. The number of aryl methyl sites for hydroxylation is 1. The van der Waals surface area contributed by atoms with E-state index in [2.05, 4.69) is 0 Å². The fourth-order valence-corrected chi connectivity index (χ4v) is 4.69. The summed E-state index contributed by atoms with van der Waals surface area (Å²) in [4.78, 5) is 22.4. The lowest BCUT2D eigenvalue weighted by atomic mass is 10.0. The van der Waals surface area contributed by atoms with Crippen molar-refractivity contribution in [1.82, 2.24) is 4.57 Å². The molecule has 0 amide bonds. The average Bonchev–Trinajstić information content (AvgIpc) is 3.28. The predicted octanol–water partition coefficient (Wildman–Crippen LogP) is 7.33. The van der Waals surface area contributed by atoms with Crippen molar-refractivity contribution >= 4 is 46.6 Å². The third-order valence-corrected chi connectivity index (χ3v) is 6.76. The zero-order valence-corrected chi connectivity index (χ0v) is 23.1. The maximum Gasteiger partial charge on any atom is 0.323 e. The van der Waals surface area contributed by atoms with E-state index in [0.29, 0.717) is 36.8 Å². The van der Waals surface area contributed by atoms with E-state index < -0.39 is 17.8 Å². The van der Waals surface area contributed by atoms with Gasteiger partial charge in [-0.05, 0) is 66.6 Å². The van der Waals surface area contributed by atoms with E-state index in [-0.39, 0.29) is 13.0 Å². The van der Waals surface area contributed by atoms with Crippen LogP contribution in [0.4, 0.5) is 4.39 Å². The lowest BCUT2D eigenvalue weighted by molar-refractivity contribution is -0.138. The summed E-state index contributed by atoms with van der Waals surface area (Å²) < 4.78 is 26.4. The van der Waals surface area contributed by atoms with Gasteiger partial charge in [0, 0.05) is 24.1 Å². The van der Waals surface area contributed by atoms with Gasteiger partial charge in [-0.15, -0.1) is 0 Å². The minimum absolute atomic E-state index is 0.0607. The number of unbranched alkanes of at least 4 members (excludes halogenated alkanes) is 1. The van der Waals surface area contributed by atoms with Gasteiger partial charge in [-0.1, -0.05) is 54.1 Å². The fraction of sp³-hybridized carbons (Fsp3) is 0.250. The fourth-order valence-electron chi connectivity index (χ4n) is 4.52. The Bertz CT molecular complexity index is 1530. The molecule has 0 aliphatic rings. The molecule has 7 nitrogen and oxygen atoms in total. The van der Waals surface area contributed by atoms with Crippen molar-refractivity contribution in [2.75, 3.05) is 13.2 Å². The molecule has 1 heterocycles. The van der Waals surface area contributed by atoms with Crippen molar-refractivity contribution in [3.05, 3.63) is 94.4 Å². The van der Waals surface area contributed by atoms with E-state index in [4.69, 9.17) is 26.2 Å². The van der Waals surface area contributed by atoms with Crippen molar-refractivity contribution in [2.45, 2.75) is 38.6 Å². The van der Waals surface area contributed by atoms with Crippen LogP contribution in [-0.4, -0.2) is 39.9 Å². The molecule has 0 fully saturated rings. The summed E-state index contributed by atoms with van der Waals surface area (Å²) in [5.74, 6) is -1.12. The Hall–Kier alpha value is -4.30. The lowest BCUT2D eigenvalue weighted by Crippen LogP contribution is -2.07. The molecule has 214 valence electrons. The first-order valence-corrected chi connectivity index (χ1v) is 13.7. The minimum Gasteiger partial charge on any atom is -0.494 e. The highest BCUT2D eigenvalue weighted by Crippen LogP contribution is 2.28. The topological polar surface area (TPSA) is 98.0 Å². The second-order valence-electron chi connectivity index (χ2n) is 9.55. The number of ether oxygens (including phenoxy) is 2. The van der Waals surface area contributed by atoms with Crippen LogP contribution >= 0.6 is 11.6 Å². The second kappa shape index (κ2) is 14.4. The van der Waals surface area contributed by atoms with Crippen LogP contribution in [0.25, 0.3) is 23.1 Å². The second-order valence-corrected chi connectivity index (χ2v) is 9.96. The van der Waals surface area contributed by atoms with Gasteiger partial charge < -0.3 is 24.3 Å². The van der Waals surface area contributed by atoms with Crippen LogP contribution < -0.4 is 9.47 Å². The molecule has 0 aliphatic carbocycles. The molecule has 0 unspecified atom stereocenters. The van der Waals surface area contributed by atoms with E-state index in [1.807, 2.05) is 60.8 Å². The first-order chi connectivity index (χ1) is 19.8. The molecule has 4 rings (SSSR count). The highest BCUT2D eigenvalue weighted by atomic mass is 35.5. The number of aliphatic carboxylic acids is 2.